The molecule has 3 aromatic carbocycles. The van der Waals surface area contributed by atoms with Gasteiger partial charge in [0.1, 0.15) is 0 Å². The van der Waals surface area contributed by atoms with Crippen LogP contribution in [0.2, 0.25) is 0 Å². The van der Waals surface area contributed by atoms with E-state index in [1.807, 2.05) is 0 Å². The van der Waals surface area contributed by atoms with Crippen LogP contribution in [0.15, 0.2) is 48.5 Å². The molecule has 0 aliphatic heterocycles. The fraction of sp³-hybridized carbons (Fsp3) is 0.838. The summed E-state index contributed by atoms with van der Waals surface area (Å²) in [5.74, 6) is 5.66. The molecule has 2 N–H and O–H groups in total. The van der Waals surface area contributed by atoms with Crippen LogP contribution in [0.4, 0.5) is 23.3 Å². The molecular formula is C130H235N5O6. The third-order valence-electron chi connectivity index (χ3n) is 30.0. The number of benzene rings is 3. The number of anilines is 4. The Morgan fingerprint density at radius 1 is 0.170 bits per heavy atom. The molecule has 0 unspecified atom stereocenters. The van der Waals surface area contributed by atoms with E-state index in [-0.39, 0.29) is 0 Å². The number of unbranched alkanes of at least 4 members (excludes halogenated alkanes) is 90. The Hall–Kier alpha value is -4.93. The topological polar surface area (TPSA) is 118 Å². The minimum atomic E-state index is 0.413. The van der Waals surface area contributed by atoms with Gasteiger partial charge in [-0.15, -0.1) is 0 Å². The van der Waals surface area contributed by atoms with E-state index in [2.05, 4.69) is 108 Å². The third-order valence-corrected chi connectivity index (χ3v) is 30.0. The van der Waals surface area contributed by atoms with Gasteiger partial charge >= 0.3 is 0 Å². The molecule has 141 heavy (non-hydrogen) atoms. The van der Waals surface area contributed by atoms with E-state index in [9.17, 15) is 0 Å². The normalized spacial score (nSPS) is 11.6. The Bertz CT molecular complexity index is 2950. The minimum Gasteiger partial charge on any atom is -0.489 e. The summed E-state index contributed by atoms with van der Waals surface area (Å²) in [7, 11) is 0. The van der Waals surface area contributed by atoms with Gasteiger partial charge < -0.3 is 39.1 Å². The molecule has 0 atom stereocenters. The smallest absolute Gasteiger partial charge is 0.232 e. The first-order chi connectivity index (χ1) is 69.9. The molecule has 4 aromatic rings. The molecule has 0 radical (unpaired) electrons. The van der Waals surface area contributed by atoms with E-state index < -0.39 is 0 Å². The van der Waals surface area contributed by atoms with Gasteiger partial charge in [-0.1, -0.05) is 649 Å². The monoisotopic (exact) mass is 1960 g/mol. The molecule has 0 aliphatic rings. The largest absolute Gasteiger partial charge is 0.489 e. The first kappa shape index (κ1) is 128. The zero-order chi connectivity index (χ0) is 100. The van der Waals surface area contributed by atoms with E-state index in [0.29, 0.717) is 91.9 Å². The van der Waals surface area contributed by atoms with Crippen LogP contribution in [-0.2, 0) is 0 Å². The maximum atomic E-state index is 7.04. The maximum absolute atomic E-state index is 7.04. The van der Waals surface area contributed by atoms with E-state index in [4.69, 9.17) is 43.4 Å². The van der Waals surface area contributed by atoms with Crippen molar-refractivity contribution >= 4 is 23.3 Å². The molecule has 0 fully saturated rings. The Labute approximate surface area is 876 Å². The zero-order valence-electron chi connectivity index (χ0n) is 95.0. The lowest BCUT2D eigenvalue weighted by atomic mass is 10.0. The van der Waals surface area contributed by atoms with Gasteiger partial charge in [-0.05, 0) is 45.4 Å². The molecule has 11 heteroatoms. The highest BCUT2D eigenvalue weighted by atomic mass is 16.5. The molecule has 816 valence electrons. The highest BCUT2D eigenvalue weighted by Crippen LogP contribution is 2.45. The lowest BCUT2D eigenvalue weighted by molar-refractivity contribution is 0.234. The van der Waals surface area contributed by atoms with Gasteiger partial charge in [0, 0.05) is 41.2 Å². The number of ether oxygens (including phenoxy) is 6. The van der Waals surface area contributed by atoms with Crippen LogP contribution in [0.3, 0.4) is 0 Å². The van der Waals surface area contributed by atoms with Crippen molar-refractivity contribution in [1.82, 2.24) is 15.0 Å². The van der Waals surface area contributed by atoms with E-state index >= 15 is 0 Å². The summed E-state index contributed by atoms with van der Waals surface area (Å²) >= 11 is 0. The van der Waals surface area contributed by atoms with Gasteiger partial charge in [-0.2, -0.15) is 15.0 Å². The van der Waals surface area contributed by atoms with Gasteiger partial charge in [0.2, 0.25) is 23.4 Å². The molecular weight excluding hydrogens is 1730 g/mol. The van der Waals surface area contributed by atoms with Gasteiger partial charge in [0.25, 0.3) is 0 Å². The molecule has 11 nitrogen and oxygen atoms in total. The summed E-state index contributed by atoms with van der Waals surface area (Å²) in [4.78, 5) is 15.9. The number of nitrogens with one attached hydrogen (secondary N) is 2. The van der Waals surface area contributed by atoms with E-state index in [1.165, 1.54) is 545 Å². The number of aromatic nitrogens is 3. The van der Waals surface area contributed by atoms with Crippen molar-refractivity contribution in [2.75, 3.05) is 50.3 Å². The summed E-state index contributed by atoms with van der Waals surface area (Å²) in [5, 5.41) is 7.52. The second kappa shape index (κ2) is 101. The van der Waals surface area contributed by atoms with Crippen molar-refractivity contribution in [3.8, 4) is 45.9 Å². The van der Waals surface area contributed by atoms with Crippen LogP contribution in [-0.4, -0.2) is 54.6 Å². The molecule has 1 aromatic heterocycles. The van der Waals surface area contributed by atoms with Gasteiger partial charge in [0.15, 0.2) is 28.8 Å². The zero-order valence-corrected chi connectivity index (χ0v) is 95.0. The first-order valence-corrected chi connectivity index (χ1v) is 63.4. The summed E-state index contributed by atoms with van der Waals surface area (Å²) in [6, 6.07) is 17.0. The van der Waals surface area contributed by atoms with Gasteiger partial charge in [-0.3, -0.25) is 0 Å². The number of rotatable bonds is 113. The number of hydrogen-bond acceptors (Lipinski definition) is 11. The fourth-order valence-corrected chi connectivity index (χ4v) is 20.6. The van der Waals surface area contributed by atoms with Crippen molar-refractivity contribution in [3.63, 3.8) is 0 Å². The van der Waals surface area contributed by atoms with E-state index in [0.717, 1.165) is 94.0 Å². The molecule has 4 rings (SSSR count). The average Bonchev–Trinajstić information content (AvgIpc) is 0.804. The Balaban J connectivity index is 1.68. The Kier molecular flexibility index (Phi) is 91.9. The predicted octanol–water partition coefficient (Wildman–Crippen LogP) is 45.2. The van der Waals surface area contributed by atoms with Gasteiger partial charge in [0.05, 0.1) is 39.6 Å². The molecule has 1 heterocycles. The molecule has 0 bridgehead atoms. The second-order valence-electron chi connectivity index (χ2n) is 43.9. The summed E-state index contributed by atoms with van der Waals surface area (Å²) in [5.41, 5.74) is 3.64. The third kappa shape index (κ3) is 78.0. The molecule has 0 spiro atoms. The quantitative estimate of drug-likeness (QED) is 0.0412. The van der Waals surface area contributed by atoms with Crippen LogP contribution in [0, 0.1) is 6.92 Å². The maximum Gasteiger partial charge on any atom is 0.232 e. The number of nitrogens with zero attached hydrogens (tertiary/aromatic N) is 3. The Morgan fingerprint density at radius 2 is 0.312 bits per heavy atom. The SMILES string of the molecule is CCCCCCCCCCCCCCCCCCOc1cc(Nc2nc(Nc3cc(OCCCCCCCCCCCCCCCCCC)c(OCCCCCCCCCCCCCCCCCC)c(OCCCCCCCCCCCCCCCCCC)c3)nc(-c3ccc(C)cc3)n2)cc(OCCCCCCCCCCCCCCCCCC)c1OCCCCCCCCCCCCCCCCCC. The van der Waals surface area contributed by atoms with Crippen molar-refractivity contribution in [2.45, 2.75) is 665 Å². The van der Waals surface area contributed by atoms with Crippen molar-refractivity contribution in [2.24, 2.45) is 0 Å². The Morgan fingerprint density at radius 3 is 0.468 bits per heavy atom. The second-order valence-corrected chi connectivity index (χ2v) is 43.9. The summed E-state index contributed by atoms with van der Waals surface area (Å²) in [6.07, 6.45) is 128. The molecule has 0 amide bonds. The number of hydrogen-bond donors (Lipinski definition) is 2. The lowest BCUT2D eigenvalue weighted by Gasteiger charge is -2.20. The van der Waals surface area contributed by atoms with Crippen LogP contribution in [0.1, 0.15) is 664 Å². The standard InChI is InChI=1S/C130H235N5O6/c1-8-14-20-26-32-38-44-50-56-62-68-74-80-86-92-98-108-136-122-114-120(115-123(137-109-99-93-87-81-75-69-63-57-51-45-39-33-27-21-15-9-2)126(122)140-112-102-96-90-84-78-72-66-60-54-48-42-36-30-24-18-12-5)131-129-133-128(119-106-104-118(7)105-107-119)134-130(135-129)132-121-116-124(138-110-100-94-88-82-76-70-64-58-52-46-40-34-28-22-16-10-3)127(141-113-103-97-91-85-79-73-67-61-55-49-43-37-31-25-19-13-6)125(117-121)139-111-101-95-89-83-77-71-65-59-53-47-41-35-29-23-17-11-4/h104-107,114-117H,8-103,108-113H2,1-7H3,(H2,131,132,133,134,135). The van der Waals surface area contributed by atoms with Crippen molar-refractivity contribution in [3.05, 3.63) is 54.1 Å². The van der Waals surface area contributed by atoms with Crippen LogP contribution < -0.4 is 39.1 Å². The van der Waals surface area contributed by atoms with Crippen LogP contribution >= 0.6 is 0 Å². The fourth-order valence-electron chi connectivity index (χ4n) is 20.6. The highest BCUT2D eigenvalue weighted by Gasteiger charge is 2.22. The lowest BCUT2D eigenvalue weighted by Crippen LogP contribution is -2.09. The van der Waals surface area contributed by atoms with Crippen LogP contribution in [0.25, 0.3) is 11.4 Å². The highest BCUT2D eigenvalue weighted by molar-refractivity contribution is 5.70. The predicted molar refractivity (Wildman–Crippen MR) is 620 cm³/mol. The minimum absolute atomic E-state index is 0.413. The summed E-state index contributed by atoms with van der Waals surface area (Å²) < 4.78 is 42.2. The molecule has 0 aliphatic carbocycles. The van der Waals surface area contributed by atoms with Gasteiger partial charge in [-0.25, -0.2) is 0 Å². The average molecular weight is 1960 g/mol. The van der Waals surface area contributed by atoms with Crippen molar-refractivity contribution in [1.29, 1.82) is 0 Å². The first-order valence-electron chi connectivity index (χ1n) is 63.4. The molecule has 0 saturated carbocycles. The summed E-state index contributed by atoms with van der Waals surface area (Å²) in [6.45, 7) is 19.7. The van der Waals surface area contributed by atoms with Crippen LogP contribution in [0.5, 0.6) is 34.5 Å². The number of aryl methyl sites for hydroxylation is 1. The van der Waals surface area contributed by atoms with E-state index in [1.54, 1.807) is 0 Å². The van der Waals surface area contributed by atoms with Crippen molar-refractivity contribution < 1.29 is 28.4 Å². The molecule has 0 saturated heterocycles.